The Hall–Kier alpha value is -0.670. The molecule has 13 heavy (non-hydrogen) atoms. The Morgan fingerprint density at radius 3 is 2.23 bits per heavy atom. The van der Waals surface area contributed by atoms with Crippen LogP contribution in [0.1, 0.15) is 19.4 Å². The summed E-state index contributed by atoms with van der Waals surface area (Å²) in [7, 11) is 0. The van der Waals surface area contributed by atoms with Gasteiger partial charge in [-0.2, -0.15) is 0 Å². The molecule has 0 amide bonds. The Balaban J connectivity index is 3.29. The molecule has 0 unspecified atom stereocenters. The predicted octanol–water partition coefficient (Wildman–Crippen LogP) is 2.85. The van der Waals surface area contributed by atoms with Crippen molar-refractivity contribution in [3.8, 4) is 0 Å². The molecule has 0 saturated heterocycles. The van der Waals surface area contributed by atoms with Crippen molar-refractivity contribution in [3.63, 3.8) is 0 Å². The summed E-state index contributed by atoms with van der Waals surface area (Å²) in [5.41, 5.74) is -0.977. The van der Waals surface area contributed by atoms with Crippen LogP contribution in [0.5, 0.6) is 0 Å². The highest BCUT2D eigenvalue weighted by atomic mass is 35.5. The second-order valence-corrected chi connectivity index (χ2v) is 3.72. The van der Waals surface area contributed by atoms with Crippen molar-refractivity contribution in [2.45, 2.75) is 19.4 Å². The largest absolute Gasteiger partial charge is 0.386 e. The minimum absolute atomic E-state index is 0.247. The molecule has 1 aromatic rings. The summed E-state index contributed by atoms with van der Waals surface area (Å²) >= 11 is 5.40. The quantitative estimate of drug-likeness (QED) is 0.701. The average Bonchev–Trinajstić information content (AvgIpc) is 1.97. The molecule has 0 saturated carbocycles. The smallest absolute Gasteiger partial charge is 0.177 e. The third-order valence-electron chi connectivity index (χ3n) is 1.69. The zero-order valence-electron chi connectivity index (χ0n) is 7.24. The van der Waals surface area contributed by atoms with E-state index in [2.05, 4.69) is 0 Å². The standard InChI is InChI=1S/C9H9ClF2O/c1-9(2,13)5-3-6(10)8(12)7(11)4-5/h3-4,13H,1-2H3. The predicted molar refractivity (Wildman–Crippen MR) is 46.6 cm³/mol. The lowest BCUT2D eigenvalue weighted by molar-refractivity contribution is 0.0781. The molecule has 1 rings (SSSR count). The molecule has 1 N–H and O–H groups in total. The first kappa shape index (κ1) is 10.4. The molecule has 0 spiro atoms. The summed E-state index contributed by atoms with van der Waals surface area (Å²) in [6.45, 7) is 2.94. The number of halogens is 3. The molecule has 72 valence electrons. The van der Waals surface area contributed by atoms with Gasteiger partial charge in [-0.25, -0.2) is 8.78 Å². The van der Waals surface area contributed by atoms with Crippen LogP contribution in [0, 0.1) is 11.6 Å². The summed E-state index contributed by atoms with van der Waals surface area (Å²) < 4.78 is 25.5. The molecule has 1 nitrogen and oxygen atoms in total. The summed E-state index contributed by atoms with van der Waals surface area (Å²) in [5, 5.41) is 9.16. The van der Waals surface area contributed by atoms with Gasteiger partial charge in [0.1, 0.15) is 0 Å². The van der Waals surface area contributed by atoms with E-state index in [1.807, 2.05) is 0 Å². The molecule has 0 radical (unpaired) electrons. The molecular formula is C9H9ClF2O. The molecule has 0 atom stereocenters. The first-order valence-electron chi connectivity index (χ1n) is 3.70. The third kappa shape index (κ3) is 2.17. The Kier molecular flexibility index (Phi) is 2.59. The zero-order chi connectivity index (χ0) is 10.2. The van der Waals surface area contributed by atoms with Gasteiger partial charge in [-0.3, -0.25) is 0 Å². The van der Waals surface area contributed by atoms with E-state index in [9.17, 15) is 13.9 Å². The van der Waals surface area contributed by atoms with E-state index in [0.29, 0.717) is 0 Å². The van der Waals surface area contributed by atoms with Crippen molar-refractivity contribution in [2.75, 3.05) is 0 Å². The number of rotatable bonds is 1. The Labute approximate surface area is 80.0 Å². The van der Waals surface area contributed by atoms with Crippen LogP contribution in [0.4, 0.5) is 8.78 Å². The molecule has 1 aromatic carbocycles. The highest BCUT2D eigenvalue weighted by Gasteiger charge is 2.19. The Bertz CT molecular complexity index is 308. The molecule has 0 aromatic heterocycles. The van der Waals surface area contributed by atoms with Crippen molar-refractivity contribution >= 4 is 11.6 Å². The van der Waals surface area contributed by atoms with Gasteiger partial charge in [0.05, 0.1) is 10.6 Å². The summed E-state index contributed by atoms with van der Waals surface area (Å²) in [6.07, 6.45) is 0. The van der Waals surface area contributed by atoms with Crippen LogP contribution < -0.4 is 0 Å². The average molecular weight is 207 g/mol. The van der Waals surface area contributed by atoms with Crippen molar-refractivity contribution in [2.24, 2.45) is 0 Å². The van der Waals surface area contributed by atoms with E-state index >= 15 is 0 Å². The monoisotopic (exact) mass is 206 g/mol. The fraction of sp³-hybridized carbons (Fsp3) is 0.333. The molecule has 0 aliphatic heterocycles. The van der Waals surface area contributed by atoms with E-state index in [1.54, 1.807) is 0 Å². The maximum absolute atomic E-state index is 12.8. The first-order valence-corrected chi connectivity index (χ1v) is 4.07. The second kappa shape index (κ2) is 3.24. The first-order chi connectivity index (χ1) is 5.82. The maximum atomic E-state index is 12.8. The fourth-order valence-electron chi connectivity index (χ4n) is 0.909. The van der Waals surface area contributed by atoms with E-state index in [0.717, 1.165) is 6.07 Å². The number of hydrogen-bond acceptors (Lipinski definition) is 1. The molecule has 0 aliphatic rings. The van der Waals surface area contributed by atoms with Gasteiger partial charge in [0, 0.05) is 0 Å². The molecule has 0 heterocycles. The second-order valence-electron chi connectivity index (χ2n) is 3.31. The molecular weight excluding hydrogens is 198 g/mol. The van der Waals surface area contributed by atoms with Gasteiger partial charge in [-0.15, -0.1) is 0 Å². The fourth-order valence-corrected chi connectivity index (χ4v) is 1.12. The summed E-state index contributed by atoms with van der Waals surface area (Å²) in [6, 6.07) is 2.14. The maximum Gasteiger partial charge on any atom is 0.177 e. The lowest BCUT2D eigenvalue weighted by atomic mass is 9.98. The summed E-state index contributed by atoms with van der Waals surface area (Å²) in [4.78, 5) is 0. The van der Waals surface area contributed by atoms with Crippen LogP contribution in [0.25, 0.3) is 0 Å². The van der Waals surface area contributed by atoms with Crippen molar-refractivity contribution in [3.05, 3.63) is 34.4 Å². The highest BCUT2D eigenvalue weighted by Crippen LogP contribution is 2.26. The SMILES string of the molecule is CC(C)(O)c1cc(F)c(F)c(Cl)c1. The minimum atomic E-state index is -1.22. The van der Waals surface area contributed by atoms with Crippen LogP contribution in [0.2, 0.25) is 5.02 Å². The van der Waals surface area contributed by atoms with E-state index in [4.69, 9.17) is 11.6 Å². The van der Waals surface area contributed by atoms with Crippen LogP contribution in [-0.2, 0) is 5.60 Å². The topological polar surface area (TPSA) is 20.2 Å². The minimum Gasteiger partial charge on any atom is -0.386 e. The van der Waals surface area contributed by atoms with Gasteiger partial charge in [-0.1, -0.05) is 11.6 Å². The zero-order valence-corrected chi connectivity index (χ0v) is 7.99. The third-order valence-corrected chi connectivity index (χ3v) is 1.97. The van der Waals surface area contributed by atoms with E-state index in [-0.39, 0.29) is 10.6 Å². The summed E-state index contributed by atoms with van der Waals surface area (Å²) in [5.74, 6) is -2.14. The highest BCUT2D eigenvalue weighted by molar-refractivity contribution is 6.30. The Morgan fingerprint density at radius 1 is 1.31 bits per heavy atom. The van der Waals surface area contributed by atoms with Gasteiger partial charge >= 0.3 is 0 Å². The van der Waals surface area contributed by atoms with Crippen LogP contribution in [0.3, 0.4) is 0 Å². The molecule has 0 aliphatic carbocycles. The number of benzene rings is 1. The van der Waals surface area contributed by atoms with Crippen LogP contribution in [-0.4, -0.2) is 5.11 Å². The van der Waals surface area contributed by atoms with E-state index < -0.39 is 17.2 Å². The Morgan fingerprint density at radius 2 is 1.85 bits per heavy atom. The van der Waals surface area contributed by atoms with Gasteiger partial charge in [0.15, 0.2) is 11.6 Å². The van der Waals surface area contributed by atoms with Crippen molar-refractivity contribution < 1.29 is 13.9 Å². The van der Waals surface area contributed by atoms with Gasteiger partial charge < -0.3 is 5.11 Å². The number of aliphatic hydroxyl groups is 1. The van der Waals surface area contributed by atoms with Gasteiger partial charge in [-0.05, 0) is 31.5 Å². The van der Waals surface area contributed by atoms with Gasteiger partial charge in [0.25, 0.3) is 0 Å². The van der Waals surface area contributed by atoms with Crippen LogP contribution >= 0.6 is 11.6 Å². The molecule has 0 fully saturated rings. The van der Waals surface area contributed by atoms with Crippen molar-refractivity contribution in [1.29, 1.82) is 0 Å². The lowest BCUT2D eigenvalue weighted by Gasteiger charge is -2.18. The number of hydrogen-bond donors (Lipinski definition) is 1. The van der Waals surface area contributed by atoms with E-state index in [1.165, 1.54) is 19.9 Å². The molecule has 0 bridgehead atoms. The van der Waals surface area contributed by atoms with Crippen molar-refractivity contribution in [1.82, 2.24) is 0 Å². The lowest BCUT2D eigenvalue weighted by Crippen LogP contribution is -2.16. The van der Waals surface area contributed by atoms with Crippen LogP contribution in [0.15, 0.2) is 12.1 Å². The molecule has 4 heteroatoms. The van der Waals surface area contributed by atoms with Gasteiger partial charge in [0.2, 0.25) is 0 Å². The normalized spacial score (nSPS) is 11.8.